The molecule has 0 saturated carbocycles. The van der Waals surface area contributed by atoms with Crippen LogP contribution in [0.25, 0.3) is 0 Å². The summed E-state index contributed by atoms with van der Waals surface area (Å²) >= 11 is 0. The van der Waals surface area contributed by atoms with Gasteiger partial charge < -0.3 is 9.67 Å². The van der Waals surface area contributed by atoms with Gasteiger partial charge in [0.2, 0.25) is 0 Å². The van der Waals surface area contributed by atoms with Crippen molar-refractivity contribution in [3.8, 4) is 0 Å². The number of rotatable bonds is 4. The number of aliphatic carboxylic acids is 1. The standard InChI is InChI=1S/C8H12N2O2/c1-2-10-6-9-5-7(10)3-4-8(11)12/h5-6H,2-4H2,1H3,(H,11,12). The molecule has 0 bridgehead atoms. The number of carbonyl (C=O) groups is 1. The Kier molecular flexibility index (Phi) is 2.85. The summed E-state index contributed by atoms with van der Waals surface area (Å²) in [4.78, 5) is 14.2. The molecule has 0 aliphatic rings. The highest BCUT2D eigenvalue weighted by Gasteiger charge is 2.02. The minimum Gasteiger partial charge on any atom is -0.481 e. The van der Waals surface area contributed by atoms with Gasteiger partial charge in [-0.15, -0.1) is 0 Å². The van der Waals surface area contributed by atoms with Crippen molar-refractivity contribution in [1.82, 2.24) is 9.55 Å². The lowest BCUT2D eigenvalue weighted by Crippen LogP contribution is -2.03. The van der Waals surface area contributed by atoms with Crippen molar-refractivity contribution in [2.75, 3.05) is 0 Å². The third-order valence-corrected chi connectivity index (χ3v) is 1.73. The molecule has 4 nitrogen and oxygen atoms in total. The molecule has 0 radical (unpaired) electrons. The van der Waals surface area contributed by atoms with Crippen LogP contribution in [-0.4, -0.2) is 20.6 Å². The molecular formula is C8H12N2O2. The number of aromatic nitrogens is 2. The molecule has 0 unspecified atom stereocenters. The van der Waals surface area contributed by atoms with E-state index in [2.05, 4.69) is 4.98 Å². The van der Waals surface area contributed by atoms with Crippen LogP contribution in [0.3, 0.4) is 0 Å². The van der Waals surface area contributed by atoms with Crippen molar-refractivity contribution in [1.29, 1.82) is 0 Å². The van der Waals surface area contributed by atoms with Gasteiger partial charge in [0, 0.05) is 18.4 Å². The van der Waals surface area contributed by atoms with Crippen molar-refractivity contribution < 1.29 is 9.90 Å². The van der Waals surface area contributed by atoms with E-state index in [4.69, 9.17) is 5.11 Å². The summed E-state index contributed by atoms with van der Waals surface area (Å²) in [6, 6.07) is 0. The Hall–Kier alpha value is -1.32. The lowest BCUT2D eigenvalue weighted by Gasteiger charge is -2.01. The van der Waals surface area contributed by atoms with Crippen molar-refractivity contribution in [2.45, 2.75) is 26.3 Å². The first-order chi connectivity index (χ1) is 5.74. The summed E-state index contributed by atoms with van der Waals surface area (Å²) in [5.74, 6) is -0.765. The minimum atomic E-state index is -0.765. The number of carboxylic acids is 1. The highest BCUT2D eigenvalue weighted by Crippen LogP contribution is 2.02. The van der Waals surface area contributed by atoms with Crippen molar-refractivity contribution >= 4 is 5.97 Å². The largest absolute Gasteiger partial charge is 0.481 e. The van der Waals surface area contributed by atoms with E-state index in [-0.39, 0.29) is 6.42 Å². The van der Waals surface area contributed by atoms with Crippen LogP contribution in [-0.2, 0) is 17.8 Å². The van der Waals surface area contributed by atoms with E-state index in [9.17, 15) is 4.79 Å². The summed E-state index contributed by atoms with van der Waals surface area (Å²) in [7, 11) is 0. The average molecular weight is 168 g/mol. The summed E-state index contributed by atoms with van der Waals surface area (Å²) < 4.78 is 1.95. The second-order valence-electron chi connectivity index (χ2n) is 2.56. The van der Waals surface area contributed by atoms with Crippen molar-refractivity contribution in [3.05, 3.63) is 18.2 Å². The molecule has 0 spiro atoms. The molecule has 0 saturated heterocycles. The van der Waals surface area contributed by atoms with Crippen LogP contribution in [0.2, 0.25) is 0 Å². The summed E-state index contributed by atoms with van der Waals surface area (Å²) in [6.45, 7) is 2.85. The summed E-state index contributed by atoms with van der Waals surface area (Å²) in [5.41, 5.74) is 0.986. The van der Waals surface area contributed by atoms with Gasteiger partial charge >= 0.3 is 5.97 Å². The number of aryl methyl sites for hydroxylation is 2. The van der Waals surface area contributed by atoms with E-state index in [0.717, 1.165) is 12.2 Å². The molecule has 4 heteroatoms. The lowest BCUT2D eigenvalue weighted by atomic mass is 10.2. The fourth-order valence-corrected chi connectivity index (χ4v) is 1.08. The van der Waals surface area contributed by atoms with Crippen LogP contribution < -0.4 is 0 Å². The smallest absolute Gasteiger partial charge is 0.303 e. The Bertz CT molecular complexity index is 268. The zero-order valence-electron chi connectivity index (χ0n) is 7.03. The third kappa shape index (κ3) is 2.08. The van der Waals surface area contributed by atoms with Gasteiger partial charge in [-0.3, -0.25) is 4.79 Å². The van der Waals surface area contributed by atoms with Gasteiger partial charge in [0.25, 0.3) is 0 Å². The Labute approximate surface area is 70.9 Å². The first kappa shape index (κ1) is 8.77. The van der Waals surface area contributed by atoms with E-state index in [1.54, 1.807) is 12.5 Å². The highest BCUT2D eigenvalue weighted by molar-refractivity contribution is 5.66. The second-order valence-corrected chi connectivity index (χ2v) is 2.56. The number of carboxylic acid groups (broad SMARTS) is 1. The maximum Gasteiger partial charge on any atom is 0.303 e. The molecule has 0 fully saturated rings. The molecule has 0 aliphatic heterocycles. The molecule has 1 aromatic rings. The van der Waals surface area contributed by atoms with Gasteiger partial charge in [0.1, 0.15) is 0 Å². The van der Waals surface area contributed by atoms with E-state index >= 15 is 0 Å². The van der Waals surface area contributed by atoms with Crippen molar-refractivity contribution in [2.24, 2.45) is 0 Å². The van der Waals surface area contributed by atoms with Crippen LogP contribution in [0.4, 0.5) is 0 Å². The number of hydrogen-bond donors (Lipinski definition) is 1. The van der Waals surface area contributed by atoms with E-state index < -0.39 is 5.97 Å². The summed E-state index contributed by atoms with van der Waals surface area (Å²) in [6.07, 6.45) is 4.17. The molecular weight excluding hydrogens is 156 g/mol. The molecule has 0 aromatic carbocycles. The van der Waals surface area contributed by atoms with E-state index in [0.29, 0.717) is 6.42 Å². The lowest BCUT2D eigenvalue weighted by molar-refractivity contribution is -0.136. The topological polar surface area (TPSA) is 55.1 Å². The molecule has 0 amide bonds. The van der Waals surface area contributed by atoms with Crippen LogP contribution in [0.1, 0.15) is 19.0 Å². The predicted molar refractivity (Wildman–Crippen MR) is 43.9 cm³/mol. The van der Waals surface area contributed by atoms with Gasteiger partial charge in [-0.1, -0.05) is 0 Å². The quantitative estimate of drug-likeness (QED) is 0.727. The predicted octanol–water partition coefficient (Wildman–Crippen LogP) is 0.920. The fraction of sp³-hybridized carbons (Fsp3) is 0.500. The molecule has 1 aromatic heterocycles. The Morgan fingerprint density at radius 3 is 3.08 bits per heavy atom. The molecule has 1 rings (SSSR count). The van der Waals surface area contributed by atoms with Crippen LogP contribution >= 0.6 is 0 Å². The zero-order chi connectivity index (χ0) is 8.97. The van der Waals surface area contributed by atoms with Gasteiger partial charge in [-0.05, 0) is 13.3 Å². The number of hydrogen-bond acceptors (Lipinski definition) is 2. The van der Waals surface area contributed by atoms with Gasteiger partial charge in [0.15, 0.2) is 0 Å². The molecule has 66 valence electrons. The summed E-state index contributed by atoms with van der Waals surface area (Å²) in [5, 5.41) is 8.45. The molecule has 0 aliphatic carbocycles. The van der Waals surface area contributed by atoms with E-state index in [1.165, 1.54) is 0 Å². The average Bonchev–Trinajstić information content (AvgIpc) is 2.47. The van der Waals surface area contributed by atoms with Gasteiger partial charge in [0.05, 0.1) is 12.7 Å². The highest BCUT2D eigenvalue weighted by atomic mass is 16.4. The van der Waals surface area contributed by atoms with Crippen LogP contribution in [0, 0.1) is 0 Å². The number of imidazole rings is 1. The first-order valence-electron chi connectivity index (χ1n) is 3.95. The fourth-order valence-electron chi connectivity index (χ4n) is 1.08. The maximum absolute atomic E-state index is 10.3. The van der Waals surface area contributed by atoms with Crippen LogP contribution in [0.15, 0.2) is 12.5 Å². The Morgan fingerprint density at radius 2 is 2.50 bits per heavy atom. The van der Waals surface area contributed by atoms with Gasteiger partial charge in [-0.25, -0.2) is 4.98 Å². The normalized spacial score (nSPS) is 10.1. The molecule has 1 N–H and O–H groups in total. The van der Waals surface area contributed by atoms with E-state index in [1.807, 2.05) is 11.5 Å². The maximum atomic E-state index is 10.3. The first-order valence-corrected chi connectivity index (χ1v) is 3.95. The minimum absolute atomic E-state index is 0.172. The monoisotopic (exact) mass is 168 g/mol. The zero-order valence-corrected chi connectivity index (χ0v) is 7.03. The Balaban J connectivity index is 2.56. The molecule has 12 heavy (non-hydrogen) atoms. The SMILES string of the molecule is CCn1cncc1CCC(=O)O. The molecule has 1 heterocycles. The third-order valence-electron chi connectivity index (χ3n) is 1.73. The van der Waals surface area contributed by atoms with Crippen molar-refractivity contribution in [3.63, 3.8) is 0 Å². The Morgan fingerprint density at radius 1 is 1.75 bits per heavy atom. The molecule has 0 atom stereocenters. The second kappa shape index (κ2) is 3.90. The van der Waals surface area contributed by atoms with Crippen LogP contribution in [0.5, 0.6) is 0 Å². The van der Waals surface area contributed by atoms with Gasteiger partial charge in [-0.2, -0.15) is 0 Å². The number of nitrogens with zero attached hydrogens (tertiary/aromatic N) is 2.